The summed E-state index contributed by atoms with van der Waals surface area (Å²) in [5.74, 6) is -2.21. The standard InChI is InChI=1S/C7H10O4/c1-5(4-7(10)11)2-3-6(8)9/h2-3,5H,4H2,1H3,(H,8,9)(H,10,11). The molecule has 0 saturated carbocycles. The zero-order chi connectivity index (χ0) is 8.85. The molecule has 0 aliphatic heterocycles. The van der Waals surface area contributed by atoms with Crippen molar-refractivity contribution in [2.45, 2.75) is 13.3 Å². The Morgan fingerprint density at radius 2 is 2.00 bits per heavy atom. The van der Waals surface area contributed by atoms with E-state index in [0.717, 1.165) is 6.08 Å². The predicted molar refractivity (Wildman–Crippen MR) is 38.2 cm³/mol. The number of carbonyl (C=O) groups is 2. The Kier molecular flexibility index (Phi) is 3.95. The molecule has 1 unspecified atom stereocenters. The van der Waals surface area contributed by atoms with Gasteiger partial charge in [-0.1, -0.05) is 13.0 Å². The van der Waals surface area contributed by atoms with Gasteiger partial charge < -0.3 is 10.2 Å². The van der Waals surface area contributed by atoms with Crippen LogP contribution in [0.2, 0.25) is 0 Å². The van der Waals surface area contributed by atoms with Crippen LogP contribution in [-0.2, 0) is 9.59 Å². The molecule has 0 radical (unpaired) electrons. The maximum atomic E-state index is 10.1. The van der Waals surface area contributed by atoms with E-state index in [9.17, 15) is 9.59 Å². The number of aliphatic carboxylic acids is 2. The fourth-order valence-electron chi connectivity index (χ4n) is 0.590. The second kappa shape index (κ2) is 4.49. The van der Waals surface area contributed by atoms with Crippen molar-refractivity contribution in [3.8, 4) is 0 Å². The third-order valence-electron chi connectivity index (χ3n) is 1.06. The molecule has 11 heavy (non-hydrogen) atoms. The molecule has 0 saturated heterocycles. The number of carboxylic acids is 2. The van der Waals surface area contributed by atoms with Gasteiger partial charge in [-0.3, -0.25) is 4.79 Å². The zero-order valence-electron chi connectivity index (χ0n) is 6.15. The van der Waals surface area contributed by atoms with Crippen molar-refractivity contribution in [1.82, 2.24) is 0 Å². The Bertz CT molecular complexity index is 183. The van der Waals surface area contributed by atoms with Crippen molar-refractivity contribution in [3.05, 3.63) is 12.2 Å². The number of rotatable bonds is 4. The lowest BCUT2D eigenvalue weighted by atomic mass is 10.1. The lowest BCUT2D eigenvalue weighted by molar-refractivity contribution is -0.137. The molecule has 2 N–H and O–H groups in total. The van der Waals surface area contributed by atoms with Crippen LogP contribution >= 0.6 is 0 Å². The average molecular weight is 158 g/mol. The van der Waals surface area contributed by atoms with Crippen molar-refractivity contribution in [2.24, 2.45) is 5.92 Å². The van der Waals surface area contributed by atoms with Crippen LogP contribution in [0.5, 0.6) is 0 Å². The fourth-order valence-corrected chi connectivity index (χ4v) is 0.590. The molecule has 0 rings (SSSR count). The smallest absolute Gasteiger partial charge is 0.327 e. The number of allylic oxidation sites excluding steroid dienone is 1. The van der Waals surface area contributed by atoms with E-state index in [-0.39, 0.29) is 12.3 Å². The molecule has 0 heterocycles. The van der Waals surface area contributed by atoms with E-state index in [1.165, 1.54) is 6.08 Å². The van der Waals surface area contributed by atoms with Crippen LogP contribution < -0.4 is 0 Å². The van der Waals surface area contributed by atoms with Crippen molar-refractivity contribution in [1.29, 1.82) is 0 Å². The van der Waals surface area contributed by atoms with Gasteiger partial charge in [-0.05, 0) is 5.92 Å². The summed E-state index contributed by atoms with van der Waals surface area (Å²) < 4.78 is 0. The summed E-state index contributed by atoms with van der Waals surface area (Å²) in [4.78, 5) is 20.0. The van der Waals surface area contributed by atoms with Crippen molar-refractivity contribution < 1.29 is 19.8 Å². The first kappa shape index (κ1) is 9.68. The highest BCUT2D eigenvalue weighted by Gasteiger charge is 2.03. The zero-order valence-corrected chi connectivity index (χ0v) is 6.15. The topological polar surface area (TPSA) is 74.6 Å². The first-order chi connectivity index (χ1) is 5.02. The lowest BCUT2D eigenvalue weighted by Gasteiger charge is -1.98. The minimum atomic E-state index is -1.05. The molecular formula is C7H10O4. The number of carboxylic acid groups (broad SMARTS) is 2. The summed E-state index contributed by atoms with van der Waals surface area (Å²) in [5.41, 5.74) is 0. The van der Waals surface area contributed by atoms with E-state index in [1.54, 1.807) is 6.92 Å². The quantitative estimate of drug-likeness (QED) is 0.591. The normalized spacial score (nSPS) is 13.2. The molecule has 4 nitrogen and oxygen atoms in total. The van der Waals surface area contributed by atoms with Gasteiger partial charge in [-0.2, -0.15) is 0 Å². The predicted octanol–water partition coefficient (Wildman–Crippen LogP) is 0.738. The number of hydrogen-bond donors (Lipinski definition) is 2. The summed E-state index contributed by atoms with van der Waals surface area (Å²) in [6, 6.07) is 0. The summed E-state index contributed by atoms with van der Waals surface area (Å²) in [5, 5.41) is 16.4. The molecule has 0 bridgehead atoms. The lowest BCUT2D eigenvalue weighted by Crippen LogP contribution is -2.02. The van der Waals surface area contributed by atoms with Crippen LogP contribution in [0.4, 0.5) is 0 Å². The second-order valence-corrected chi connectivity index (χ2v) is 2.27. The van der Waals surface area contributed by atoms with Crippen molar-refractivity contribution in [2.75, 3.05) is 0 Å². The Balaban J connectivity index is 3.77. The molecule has 0 amide bonds. The first-order valence-corrected chi connectivity index (χ1v) is 3.15. The molecule has 0 aromatic carbocycles. The molecule has 4 heteroatoms. The van der Waals surface area contributed by atoms with Gasteiger partial charge in [-0.25, -0.2) is 4.79 Å². The summed E-state index contributed by atoms with van der Waals surface area (Å²) in [6.45, 7) is 1.65. The van der Waals surface area contributed by atoms with Crippen molar-refractivity contribution in [3.63, 3.8) is 0 Å². The maximum Gasteiger partial charge on any atom is 0.327 e. The van der Waals surface area contributed by atoms with Gasteiger partial charge in [0.15, 0.2) is 0 Å². The summed E-state index contributed by atoms with van der Waals surface area (Å²) in [7, 11) is 0. The van der Waals surface area contributed by atoms with Crippen molar-refractivity contribution >= 4 is 11.9 Å². The first-order valence-electron chi connectivity index (χ1n) is 3.15. The Labute approximate surface area is 64.2 Å². The Hall–Kier alpha value is -1.32. The minimum absolute atomic E-state index is 0.0379. The van der Waals surface area contributed by atoms with Crippen LogP contribution in [0.3, 0.4) is 0 Å². The molecule has 0 spiro atoms. The van der Waals surface area contributed by atoms with Crippen LogP contribution in [-0.4, -0.2) is 22.2 Å². The fraction of sp³-hybridized carbons (Fsp3) is 0.429. The van der Waals surface area contributed by atoms with Gasteiger partial charge in [-0.15, -0.1) is 0 Å². The van der Waals surface area contributed by atoms with Gasteiger partial charge in [0, 0.05) is 6.08 Å². The molecule has 62 valence electrons. The average Bonchev–Trinajstić information content (AvgIpc) is 1.82. The second-order valence-electron chi connectivity index (χ2n) is 2.27. The molecule has 1 atom stereocenters. The monoisotopic (exact) mass is 158 g/mol. The molecule has 0 aromatic rings. The molecule has 0 aliphatic carbocycles. The number of hydrogen-bond acceptors (Lipinski definition) is 2. The summed E-state index contributed by atoms with van der Waals surface area (Å²) >= 11 is 0. The highest BCUT2D eigenvalue weighted by atomic mass is 16.4. The van der Waals surface area contributed by atoms with E-state index in [2.05, 4.69) is 0 Å². The highest BCUT2D eigenvalue weighted by Crippen LogP contribution is 2.02. The van der Waals surface area contributed by atoms with E-state index in [1.807, 2.05) is 0 Å². The highest BCUT2D eigenvalue weighted by molar-refractivity contribution is 5.79. The van der Waals surface area contributed by atoms with Gasteiger partial charge in [0.1, 0.15) is 0 Å². The summed E-state index contributed by atoms with van der Waals surface area (Å²) in [6.07, 6.45) is 2.27. The molecule has 0 aliphatic rings. The van der Waals surface area contributed by atoms with Crippen LogP contribution in [0.25, 0.3) is 0 Å². The Morgan fingerprint density at radius 3 is 2.36 bits per heavy atom. The molecule has 0 fully saturated rings. The van der Waals surface area contributed by atoms with Gasteiger partial charge >= 0.3 is 11.9 Å². The van der Waals surface area contributed by atoms with Gasteiger partial charge in [0.25, 0.3) is 0 Å². The van der Waals surface area contributed by atoms with E-state index < -0.39 is 11.9 Å². The van der Waals surface area contributed by atoms with Crippen LogP contribution in [0.15, 0.2) is 12.2 Å². The van der Waals surface area contributed by atoms with Crippen LogP contribution in [0, 0.1) is 5.92 Å². The van der Waals surface area contributed by atoms with E-state index in [4.69, 9.17) is 10.2 Å². The largest absolute Gasteiger partial charge is 0.481 e. The maximum absolute atomic E-state index is 10.1. The van der Waals surface area contributed by atoms with E-state index in [0.29, 0.717) is 0 Å². The third-order valence-corrected chi connectivity index (χ3v) is 1.06. The van der Waals surface area contributed by atoms with E-state index >= 15 is 0 Å². The minimum Gasteiger partial charge on any atom is -0.481 e. The van der Waals surface area contributed by atoms with Crippen LogP contribution in [0.1, 0.15) is 13.3 Å². The van der Waals surface area contributed by atoms with Gasteiger partial charge in [0.2, 0.25) is 0 Å². The van der Waals surface area contributed by atoms with Gasteiger partial charge in [0.05, 0.1) is 6.42 Å². The SMILES string of the molecule is CC(C=CC(=O)O)CC(=O)O. The molecule has 0 aromatic heterocycles. The molecular weight excluding hydrogens is 148 g/mol. The Morgan fingerprint density at radius 1 is 1.45 bits per heavy atom. The third kappa shape index (κ3) is 6.57.